The first-order valence-corrected chi connectivity index (χ1v) is 10.8. The quantitative estimate of drug-likeness (QED) is 0.668. The molecule has 1 amide bonds. The van der Waals surface area contributed by atoms with Gasteiger partial charge in [-0.2, -0.15) is 0 Å². The molecule has 5 heteroatoms. The molecule has 1 fully saturated rings. The molecular weight excluding hydrogens is 368 g/mol. The first kappa shape index (κ1) is 20.7. The van der Waals surface area contributed by atoms with Gasteiger partial charge in [-0.25, -0.2) is 0 Å². The van der Waals surface area contributed by atoms with Gasteiger partial charge in [-0.05, 0) is 54.8 Å². The predicted octanol–water partition coefficient (Wildman–Crippen LogP) is 4.98. The number of hydrogen-bond donors (Lipinski definition) is 1. The van der Waals surface area contributed by atoms with Crippen LogP contribution in [-0.2, 0) is 16.0 Å². The fourth-order valence-electron chi connectivity index (χ4n) is 3.47. The summed E-state index contributed by atoms with van der Waals surface area (Å²) >= 11 is 1.83. The molecule has 1 heterocycles. The van der Waals surface area contributed by atoms with Crippen LogP contribution >= 0.6 is 11.8 Å². The van der Waals surface area contributed by atoms with Crippen molar-refractivity contribution in [3.63, 3.8) is 0 Å². The minimum absolute atomic E-state index is 0.00873. The number of nitrogens with one attached hydrogen (secondary N) is 1. The number of carbonyl (C=O) groups is 1. The third kappa shape index (κ3) is 6.01. The second-order valence-electron chi connectivity index (χ2n) is 7.53. The first-order chi connectivity index (χ1) is 13.5. The Morgan fingerprint density at radius 1 is 1.18 bits per heavy atom. The van der Waals surface area contributed by atoms with Gasteiger partial charge in [0.25, 0.3) is 0 Å². The SMILES string of the molecule is COC1CCCN(c2ccc(NC(=O)Cc3ccc(SC(C)C)cc3)cc2)C1. The van der Waals surface area contributed by atoms with Gasteiger partial charge in [0.15, 0.2) is 0 Å². The van der Waals surface area contributed by atoms with Crippen LogP contribution in [-0.4, -0.2) is 37.5 Å². The van der Waals surface area contributed by atoms with Crippen molar-refractivity contribution in [3.05, 3.63) is 54.1 Å². The zero-order valence-electron chi connectivity index (χ0n) is 17.0. The van der Waals surface area contributed by atoms with E-state index in [-0.39, 0.29) is 5.91 Å². The number of piperidine rings is 1. The van der Waals surface area contributed by atoms with E-state index in [0.29, 0.717) is 17.8 Å². The molecule has 0 bridgehead atoms. The molecule has 28 heavy (non-hydrogen) atoms. The first-order valence-electron chi connectivity index (χ1n) is 9.97. The topological polar surface area (TPSA) is 41.6 Å². The smallest absolute Gasteiger partial charge is 0.228 e. The molecule has 2 aromatic rings. The lowest BCUT2D eigenvalue weighted by atomic mass is 10.1. The Bertz CT molecular complexity index is 759. The van der Waals surface area contributed by atoms with E-state index < -0.39 is 0 Å². The average Bonchev–Trinajstić information content (AvgIpc) is 2.69. The Kier molecular flexibility index (Phi) is 7.40. The maximum absolute atomic E-state index is 12.4. The van der Waals surface area contributed by atoms with E-state index in [1.54, 1.807) is 7.11 Å². The number of methoxy groups -OCH3 is 1. The summed E-state index contributed by atoms with van der Waals surface area (Å²) in [4.78, 5) is 16.0. The molecule has 2 aromatic carbocycles. The summed E-state index contributed by atoms with van der Waals surface area (Å²) in [7, 11) is 1.78. The van der Waals surface area contributed by atoms with Gasteiger partial charge < -0.3 is 15.0 Å². The van der Waals surface area contributed by atoms with Gasteiger partial charge in [-0.15, -0.1) is 11.8 Å². The van der Waals surface area contributed by atoms with E-state index >= 15 is 0 Å². The molecule has 1 N–H and O–H groups in total. The summed E-state index contributed by atoms with van der Waals surface area (Å²) in [6.45, 7) is 6.33. The number of rotatable bonds is 7. The van der Waals surface area contributed by atoms with Gasteiger partial charge in [0.2, 0.25) is 5.91 Å². The third-order valence-corrected chi connectivity index (χ3v) is 5.90. The van der Waals surface area contributed by atoms with Crippen molar-refractivity contribution in [3.8, 4) is 0 Å². The summed E-state index contributed by atoms with van der Waals surface area (Å²) in [5, 5.41) is 3.56. The monoisotopic (exact) mass is 398 g/mol. The van der Waals surface area contributed by atoms with Crippen molar-refractivity contribution in [1.29, 1.82) is 0 Å². The highest BCUT2D eigenvalue weighted by Gasteiger charge is 2.19. The summed E-state index contributed by atoms with van der Waals surface area (Å²) < 4.78 is 5.50. The molecule has 0 aliphatic carbocycles. The maximum Gasteiger partial charge on any atom is 0.228 e. The number of hydrogen-bond acceptors (Lipinski definition) is 4. The van der Waals surface area contributed by atoms with Gasteiger partial charge in [-0.1, -0.05) is 26.0 Å². The van der Waals surface area contributed by atoms with Crippen molar-refractivity contribution < 1.29 is 9.53 Å². The summed E-state index contributed by atoms with van der Waals surface area (Å²) in [5.41, 5.74) is 3.04. The van der Waals surface area contributed by atoms with Crippen LogP contribution in [0.4, 0.5) is 11.4 Å². The fraction of sp³-hybridized carbons (Fsp3) is 0.435. The van der Waals surface area contributed by atoms with Gasteiger partial charge >= 0.3 is 0 Å². The van der Waals surface area contributed by atoms with Crippen molar-refractivity contribution in [2.24, 2.45) is 0 Å². The van der Waals surface area contributed by atoms with Crippen LogP contribution in [0.2, 0.25) is 0 Å². The van der Waals surface area contributed by atoms with E-state index in [1.807, 2.05) is 36.0 Å². The third-order valence-electron chi connectivity index (χ3n) is 4.89. The van der Waals surface area contributed by atoms with Crippen LogP contribution < -0.4 is 10.2 Å². The largest absolute Gasteiger partial charge is 0.380 e. The van der Waals surface area contributed by atoms with E-state index in [9.17, 15) is 4.79 Å². The highest BCUT2D eigenvalue weighted by molar-refractivity contribution is 7.99. The van der Waals surface area contributed by atoms with Crippen LogP contribution in [0.5, 0.6) is 0 Å². The molecule has 1 unspecified atom stereocenters. The lowest BCUT2D eigenvalue weighted by Crippen LogP contribution is -2.39. The second kappa shape index (κ2) is 9.99. The molecule has 0 spiro atoms. The highest BCUT2D eigenvalue weighted by atomic mass is 32.2. The van der Waals surface area contributed by atoms with E-state index in [2.05, 4.69) is 48.3 Å². The zero-order chi connectivity index (χ0) is 19.9. The molecule has 3 rings (SSSR count). The number of ether oxygens (including phenoxy) is 1. The van der Waals surface area contributed by atoms with Crippen LogP contribution in [0.15, 0.2) is 53.4 Å². The van der Waals surface area contributed by atoms with Gasteiger partial charge in [0.1, 0.15) is 0 Å². The molecule has 1 aliphatic rings. The molecule has 0 radical (unpaired) electrons. The number of thioether (sulfide) groups is 1. The Labute approximate surface area is 172 Å². The average molecular weight is 399 g/mol. The molecule has 1 atom stereocenters. The van der Waals surface area contributed by atoms with Crippen LogP contribution in [0.3, 0.4) is 0 Å². The van der Waals surface area contributed by atoms with Crippen molar-refractivity contribution >= 4 is 29.0 Å². The molecule has 0 aromatic heterocycles. The molecule has 4 nitrogen and oxygen atoms in total. The number of benzene rings is 2. The Morgan fingerprint density at radius 2 is 1.89 bits per heavy atom. The Hall–Kier alpha value is -1.98. The Balaban J connectivity index is 1.53. The van der Waals surface area contributed by atoms with Crippen LogP contribution in [0, 0.1) is 0 Å². The number of carbonyl (C=O) groups excluding carboxylic acids is 1. The number of anilines is 2. The standard InChI is InChI=1S/C23H30N2O2S/c1-17(2)28-22-12-6-18(7-13-22)15-23(26)24-19-8-10-20(11-9-19)25-14-4-5-21(16-25)27-3/h6-13,17,21H,4-5,14-16H2,1-3H3,(H,24,26). The molecule has 1 saturated heterocycles. The summed E-state index contributed by atoms with van der Waals surface area (Å²) in [6.07, 6.45) is 2.96. The minimum Gasteiger partial charge on any atom is -0.380 e. The van der Waals surface area contributed by atoms with Crippen molar-refractivity contribution in [2.45, 2.75) is 49.4 Å². The summed E-state index contributed by atoms with van der Waals surface area (Å²) in [6, 6.07) is 16.4. The number of amides is 1. The van der Waals surface area contributed by atoms with Gasteiger partial charge in [0, 0.05) is 41.7 Å². The van der Waals surface area contributed by atoms with Gasteiger partial charge in [-0.3, -0.25) is 4.79 Å². The van der Waals surface area contributed by atoms with E-state index in [0.717, 1.165) is 37.2 Å². The predicted molar refractivity (Wildman–Crippen MR) is 118 cm³/mol. The molecule has 150 valence electrons. The van der Waals surface area contributed by atoms with E-state index in [4.69, 9.17) is 4.74 Å². The number of nitrogens with zero attached hydrogens (tertiary/aromatic N) is 1. The van der Waals surface area contributed by atoms with Crippen LogP contribution in [0.1, 0.15) is 32.3 Å². The molecular formula is C23H30N2O2S. The normalized spacial score (nSPS) is 17.0. The maximum atomic E-state index is 12.4. The Morgan fingerprint density at radius 3 is 2.54 bits per heavy atom. The fourth-order valence-corrected chi connectivity index (χ4v) is 4.31. The van der Waals surface area contributed by atoms with Crippen molar-refractivity contribution in [1.82, 2.24) is 0 Å². The highest BCUT2D eigenvalue weighted by Crippen LogP contribution is 2.24. The minimum atomic E-state index is 0.00873. The lowest BCUT2D eigenvalue weighted by Gasteiger charge is -2.33. The van der Waals surface area contributed by atoms with Crippen molar-refractivity contribution in [2.75, 3.05) is 30.4 Å². The molecule has 1 aliphatic heterocycles. The second-order valence-corrected chi connectivity index (χ2v) is 9.18. The molecule has 0 saturated carbocycles. The van der Waals surface area contributed by atoms with E-state index in [1.165, 1.54) is 10.6 Å². The van der Waals surface area contributed by atoms with Crippen LogP contribution in [0.25, 0.3) is 0 Å². The van der Waals surface area contributed by atoms with Gasteiger partial charge in [0.05, 0.1) is 12.5 Å². The lowest BCUT2D eigenvalue weighted by molar-refractivity contribution is -0.115. The summed E-state index contributed by atoms with van der Waals surface area (Å²) in [5.74, 6) is 0.00873. The zero-order valence-corrected chi connectivity index (χ0v) is 17.8.